The molecule has 3 rings (SSSR count). The smallest absolute Gasteiger partial charge is 0.337 e. The van der Waals surface area contributed by atoms with Crippen LogP contribution in [0.4, 0.5) is 0 Å². The van der Waals surface area contributed by atoms with Gasteiger partial charge in [0.15, 0.2) is 4.80 Å². The maximum atomic E-state index is 12.8. The maximum Gasteiger partial charge on any atom is 0.337 e. The second-order valence-electron chi connectivity index (χ2n) is 7.20. The summed E-state index contributed by atoms with van der Waals surface area (Å²) in [6.07, 6.45) is 3.29. The standard InChI is InChI=1S/C24H28N2O5S/c1-4-5-6-14-31-19-10-7-17(8-11-19)22(27)25-24-26(13-15-29-2)20-12-9-18(23(28)30-3)16-21(20)32-24/h7-12,16H,4-6,13-15H2,1-3H3. The van der Waals surface area contributed by atoms with E-state index in [-0.39, 0.29) is 5.91 Å². The number of unbranched alkanes of at least 4 members (excludes halogenated alkanes) is 2. The molecule has 7 nitrogen and oxygen atoms in total. The third-order valence-corrected chi connectivity index (χ3v) is 5.98. The summed E-state index contributed by atoms with van der Waals surface area (Å²) < 4.78 is 18.5. The Morgan fingerprint density at radius 1 is 1.00 bits per heavy atom. The average molecular weight is 457 g/mol. The second-order valence-corrected chi connectivity index (χ2v) is 8.21. The number of ether oxygens (including phenoxy) is 3. The van der Waals surface area contributed by atoms with E-state index in [1.165, 1.54) is 18.4 Å². The summed E-state index contributed by atoms with van der Waals surface area (Å²) in [7, 11) is 2.97. The topological polar surface area (TPSA) is 79.1 Å². The van der Waals surface area contributed by atoms with Crippen LogP contribution < -0.4 is 9.54 Å². The van der Waals surface area contributed by atoms with Crippen LogP contribution in [0, 0.1) is 0 Å². The first kappa shape index (κ1) is 23.7. The fourth-order valence-electron chi connectivity index (χ4n) is 3.19. The normalized spacial score (nSPS) is 11.7. The van der Waals surface area contributed by atoms with Gasteiger partial charge in [-0.15, -0.1) is 0 Å². The molecule has 0 radical (unpaired) electrons. The monoisotopic (exact) mass is 456 g/mol. The van der Waals surface area contributed by atoms with Gasteiger partial charge in [0.05, 0.1) is 36.1 Å². The van der Waals surface area contributed by atoms with Crippen LogP contribution in [-0.2, 0) is 16.0 Å². The number of hydrogen-bond donors (Lipinski definition) is 0. The first-order chi connectivity index (χ1) is 15.6. The minimum absolute atomic E-state index is 0.339. The van der Waals surface area contributed by atoms with Crippen molar-refractivity contribution in [3.05, 3.63) is 58.4 Å². The zero-order chi connectivity index (χ0) is 22.9. The zero-order valence-electron chi connectivity index (χ0n) is 18.6. The summed E-state index contributed by atoms with van der Waals surface area (Å²) in [4.78, 5) is 29.6. The first-order valence-electron chi connectivity index (χ1n) is 10.6. The van der Waals surface area contributed by atoms with Crippen molar-refractivity contribution < 1.29 is 23.8 Å². The summed E-state index contributed by atoms with van der Waals surface area (Å²) in [6, 6.07) is 12.3. The lowest BCUT2D eigenvalue weighted by molar-refractivity contribution is 0.0600. The van der Waals surface area contributed by atoms with Crippen molar-refractivity contribution in [3.63, 3.8) is 0 Å². The number of nitrogens with zero attached hydrogens (tertiary/aromatic N) is 2. The van der Waals surface area contributed by atoms with Crippen LogP contribution in [0.2, 0.25) is 0 Å². The Balaban J connectivity index is 1.88. The molecule has 170 valence electrons. The fraction of sp³-hybridized carbons (Fsp3) is 0.375. The van der Waals surface area contributed by atoms with E-state index in [1.54, 1.807) is 43.5 Å². The molecular weight excluding hydrogens is 428 g/mol. The molecule has 1 amide bonds. The number of rotatable bonds is 10. The number of fused-ring (bicyclic) bond motifs is 1. The number of thiazole rings is 1. The predicted molar refractivity (Wildman–Crippen MR) is 124 cm³/mol. The van der Waals surface area contributed by atoms with Crippen molar-refractivity contribution in [2.75, 3.05) is 27.4 Å². The van der Waals surface area contributed by atoms with Crippen LogP contribution in [0.5, 0.6) is 5.75 Å². The van der Waals surface area contributed by atoms with Crippen LogP contribution in [0.15, 0.2) is 47.5 Å². The molecule has 32 heavy (non-hydrogen) atoms. The lowest BCUT2D eigenvalue weighted by Crippen LogP contribution is -2.19. The van der Waals surface area contributed by atoms with Gasteiger partial charge in [0, 0.05) is 19.2 Å². The Morgan fingerprint density at radius 3 is 2.44 bits per heavy atom. The highest BCUT2D eigenvalue weighted by Crippen LogP contribution is 2.20. The van der Waals surface area contributed by atoms with Gasteiger partial charge in [0.25, 0.3) is 5.91 Å². The molecule has 0 fully saturated rings. The number of esters is 1. The molecule has 0 spiro atoms. The zero-order valence-corrected chi connectivity index (χ0v) is 19.4. The van der Waals surface area contributed by atoms with Gasteiger partial charge in [-0.3, -0.25) is 4.79 Å². The van der Waals surface area contributed by atoms with E-state index in [4.69, 9.17) is 14.2 Å². The van der Waals surface area contributed by atoms with Gasteiger partial charge < -0.3 is 18.8 Å². The third-order valence-electron chi connectivity index (χ3n) is 4.94. The predicted octanol–water partition coefficient (Wildman–Crippen LogP) is 4.45. The Kier molecular flexibility index (Phi) is 8.58. The number of benzene rings is 2. The van der Waals surface area contributed by atoms with Gasteiger partial charge in [0.2, 0.25) is 0 Å². The van der Waals surface area contributed by atoms with E-state index in [1.807, 2.05) is 10.6 Å². The maximum absolute atomic E-state index is 12.8. The molecule has 8 heteroatoms. The van der Waals surface area contributed by atoms with Crippen LogP contribution in [0.25, 0.3) is 10.2 Å². The molecule has 1 aromatic heterocycles. The number of carbonyl (C=O) groups is 2. The molecule has 0 unspecified atom stereocenters. The van der Waals surface area contributed by atoms with E-state index >= 15 is 0 Å². The molecule has 1 heterocycles. The summed E-state index contributed by atoms with van der Waals surface area (Å²) in [5.41, 5.74) is 1.81. The largest absolute Gasteiger partial charge is 0.494 e. The number of carbonyl (C=O) groups excluding carboxylic acids is 2. The highest BCUT2D eigenvalue weighted by atomic mass is 32.1. The lowest BCUT2D eigenvalue weighted by atomic mass is 10.2. The van der Waals surface area contributed by atoms with Gasteiger partial charge in [-0.05, 0) is 48.9 Å². The molecule has 0 N–H and O–H groups in total. The highest BCUT2D eigenvalue weighted by Gasteiger charge is 2.13. The SMILES string of the molecule is CCCCCOc1ccc(C(=O)N=c2sc3cc(C(=O)OC)ccc3n2CCOC)cc1. The Morgan fingerprint density at radius 2 is 1.75 bits per heavy atom. The minimum Gasteiger partial charge on any atom is -0.494 e. The number of aromatic nitrogens is 1. The van der Waals surface area contributed by atoms with Crippen LogP contribution in [0.3, 0.4) is 0 Å². The van der Waals surface area contributed by atoms with Crippen molar-refractivity contribution in [2.24, 2.45) is 4.99 Å². The first-order valence-corrected chi connectivity index (χ1v) is 11.4. The third kappa shape index (κ3) is 5.83. The molecule has 0 bridgehead atoms. The lowest BCUT2D eigenvalue weighted by Gasteiger charge is -2.06. The molecular formula is C24H28N2O5S. The number of hydrogen-bond acceptors (Lipinski definition) is 6. The highest BCUT2D eigenvalue weighted by molar-refractivity contribution is 7.16. The van der Waals surface area contributed by atoms with Crippen LogP contribution in [0.1, 0.15) is 46.9 Å². The van der Waals surface area contributed by atoms with Gasteiger partial charge in [0.1, 0.15) is 5.75 Å². The second kappa shape index (κ2) is 11.6. The molecule has 0 saturated heterocycles. The van der Waals surface area contributed by atoms with E-state index in [0.29, 0.717) is 35.7 Å². The van der Waals surface area contributed by atoms with Crippen molar-refractivity contribution in [1.29, 1.82) is 0 Å². The van der Waals surface area contributed by atoms with Crippen LogP contribution >= 0.6 is 11.3 Å². The fourth-order valence-corrected chi connectivity index (χ4v) is 4.28. The summed E-state index contributed by atoms with van der Waals surface area (Å²) in [5, 5.41) is 0. The summed E-state index contributed by atoms with van der Waals surface area (Å²) in [5.74, 6) is -0.00577. The number of methoxy groups -OCH3 is 2. The van der Waals surface area contributed by atoms with Gasteiger partial charge in [-0.1, -0.05) is 31.1 Å². The van der Waals surface area contributed by atoms with Gasteiger partial charge in [-0.25, -0.2) is 4.79 Å². The van der Waals surface area contributed by atoms with Gasteiger partial charge in [-0.2, -0.15) is 4.99 Å². The quantitative estimate of drug-likeness (QED) is 0.333. The molecule has 0 atom stereocenters. The Hall–Kier alpha value is -2.97. The molecule has 3 aromatic rings. The molecule has 0 aliphatic carbocycles. The average Bonchev–Trinajstić information content (AvgIpc) is 3.16. The summed E-state index contributed by atoms with van der Waals surface area (Å²) in [6.45, 7) is 3.82. The van der Waals surface area contributed by atoms with Crippen molar-refractivity contribution >= 4 is 33.4 Å². The van der Waals surface area contributed by atoms with Crippen molar-refractivity contribution in [2.45, 2.75) is 32.7 Å². The number of amides is 1. The van der Waals surface area contributed by atoms with Gasteiger partial charge >= 0.3 is 5.97 Å². The van der Waals surface area contributed by atoms with Crippen molar-refractivity contribution in [3.8, 4) is 5.75 Å². The van der Waals surface area contributed by atoms with Crippen LogP contribution in [-0.4, -0.2) is 43.9 Å². The van der Waals surface area contributed by atoms with E-state index in [9.17, 15) is 9.59 Å². The molecule has 0 aliphatic heterocycles. The molecule has 0 aliphatic rings. The van der Waals surface area contributed by atoms with E-state index in [2.05, 4.69) is 11.9 Å². The minimum atomic E-state index is -0.407. The molecule has 2 aromatic carbocycles. The van der Waals surface area contributed by atoms with E-state index < -0.39 is 5.97 Å². The summed E-state index contributed by atoms with van der Waals surface area (Å²) >= 11 is 1.35. The van der Waals surface area contributed by atoms with E-state index in [0.717, 1.165) is 35.2 Å². The Bertz CT molecular complexity index is 1130. The Labute approximate surface area is 191 Å². The van der Waals surface area contributed by atoms with Crippen molar-refractivity contribution in [1.82, 2.24) is 4.57 Å². The molecule has 0 saturated carbocycles.